The third-order valence-electron chi connectivity index (χ3n) is 4.25. The zero-order valence-corrected chi connectivity index (χ0v) is 12.5. The topological polar surface area (TPSA) is 24.5 Å². The largest absolute Gasteiger partial charge is 0.377 e. The fraction of sp³-hybridized carbons (Fsp3) is 0.647. The molecule has 1 aromatic rings. The number of hydrogen-bond acceptors (Lipinski definition) is 3. The Morgan fingerprint density at radius 3 is 2.70 bits per heavy atom. The van der Waals surface area contributed by atoms with Crippen molar-refractivity contribution in [3.8, 4) is 0 Å². The molecule has 2 fully saturated rings. The molecule has 0 spiro atoms. The van der Waals surface area contributed by atoms with E-state index >= 15 is 0 Å². The third kappa shape index (κ3) is 3.74. The van der Waals surface area contributed by atoms with Gasteiger partial charge in [0.05, 0.1) is 6.10 Å². The molecule has 1 aliphatic heterocycles. The SMILES string of the molecule is CCOC1CCCN(c2ccc(CNC3CC3)cc2)C1. The molecule has 1 N–H and O–H groups in total. The van der Waals surface area contributed by atoms with Crippen LogP contribution in [-0.2, 0) is 11.3 Å². The highest BCUT2D eigenvalue weighted by molar-refractivity contribution is 5.48. The van der Waals surface area contributed by atoms with Gasteiger partial charge in [-0.05, 0) is 50.3 Å². The minimum absolute atomic E-state index is 0.407. The lowest BCUT2D eigenvalue weighted by atomic mass is 10.1. The summed E-state index contributed by atoms with van der Waals surface area (Å²) in [5.41, 5.74) is 2.73. The van der Waals surface area contributed by atoms with Gasteiger partial charge in [-0.15, -0.1) is 0 Å². The van der Waals surface area contributed by atoms with Gasteiger partial charge >= 0.3 is 0 Å². The van der Waals surface area contributed by atoms with E-state index in [9.17, 15) is 0 Å². The van der Waals surface area contributed by atoms with Gasteiger partial charge in [-0.3, -0.25) is 0 Å². The number of nitrogens with zero attached hydrogens (tertiary/aromatic N) is 1. The van der Waals surface area contributed by atoms with Crippen molar-refractivity contribution in [3.05, 3.63) is 29.8 Å². The summed E-state index contributed by atoms with van der Waals surface area (Å²) >= 11 is 0. The molecule has 1 heterocycles. The van der Waals surface area contributed by atoms with Gasteiger partial charge in [-0.1, -0.05) is 12.1 Å². The first-order valence-corrected chi connectivity index (χ1v) is 8.04. The summed E-state index contributed by atoms with van der Waals surface area (Å²) < 4.78 is 5.78. The van der Waals surface area contributed by atoms with Crippen LogP contribution in [0.15, 0.2) is 24.3 Å². The zero-order valence-electron chi connectivity index (χ0n) is 12.5. The third-order valence-corrected chi connectivity index (χ3v) is 4.25. The summed E-state index contributed by atoms with van der Waals surface area (Å²) in [6.07, 6.45) is 5.55. The van der Waals surface area contributed by atoms with Crippen LogP contribution >= 0.6 is 0 Å². The summed E-state index contributed by atoms with van der Waals surface area (Å²) in [5, 5.41) is 3.56. The molecular weight excluding hydrogens is 248 g/mol. The van der Waals surface area contributed by atoms with E-state index in [1.807, 2.05) is 0 Å². The molecule has 3 nitrogen and oxygen atoms in total. The van der Waals surface area contributed by atoms with E-state index in [1.54, 1.807) is 0 Å². The van der Waals surface area contributed by atoms with Crippen molar-refractivity contribution in [2.24, 2.45) is 0 Å². The highest BCUT2D eigenvalue weighted by Crippen LogP contribution is 2.23. The van der Waals surface area contributed by atoms with Crippen LogP contribution in [0.3, 0.4) is 0 Å². The maximum atomic E-state index is 5.78. The Hall–Kier alpha value is -1.06. The molecule has 1 saturated carbocycles. The van der Waals surface area contributed by atoms with Crippen molar-refractivity contribution < 1.29 is 4.74 Å². The van der Waals surface area contributed by atoms with Crippen molar-refractivity contribution in [3.63, 3.8) is 0 Å². The van der Waals surface area contributed by atoms with Crippen LogP contribution in [0, 0.1) is 0 Å². The standard InChI is InChI=1S/C17H26N2O/c1-2-20-17-4-3-11-19(13-17)16-9-5-14(6-10-16)12-18-15-7-8-15/h5-6,9-10,15,17-18H,2-4,7-8,11-13H2,1H3. The number of anilines is 1. The normalized spacial score (nSPS) is 23.1. The summed E-state index contributed by atoms with van der Waals surface area (Å²) in [4.78, 5) is 2.46. The molecule has 20 heavy (non-hydrogen) atoms. The number of hydrogen-bond donors (Lipinski definition) is 1. The van der Waals surface area contributed by atoms with E-state index in [2.05, 4.69) is 41.4 Å². The smallest absolute Gasteiger partial charge is 0.0750 e. The first-order chi connectivity index (χ1) is 9.85. The van der Waals surface area contributed by atoms with E-state index in [4.69, 9.17) is 4.74 Å². The lowest BCUT2D eigenvalue weighted by Gasteiger charge is -2.34. The number of nitrogens with one attached hydrogen (secondary N) is 1. The van der Waals surface area contributed by atoms with Crippen LogP contribution in [-0.4, -0.2) is 31.8 Å². The minimum atomic E-state index is 0.407. The average molecular weight is 274 g/mol. The van der Waals surface area contributed by atoms with E-state index in [0.717, 1.165) is 32.3 Å². The van der Waals surface area contributed by atoms with Crippen molar-refractivity contribution in [1.82, 2.24) is 5.32 Å². The Labute approximate surface area is 122 Å². The molecular formula is C17H26N2O. The van der Waals surface area contributed by atoms with Gasteiger partial charge in [-0.2, -0.15) is 0 Å². The second kappa shape index (κ2) is 6.59. The van der Waals surface area contributed by atoms with E-state index < -0.39 is 0 Å². The van der Waals surface area contributed by atoms with Gasteiger partial charge in [0.15, 0.2) is 0 Å². The number of benzene rings is 1. The van der Waals surface area contributed by atoms with Crippen LogP contribution < -0.4 is 10.2 Å². The Kier molecular flexibility index (Phi) is 4.58. The zero-order chi connectivity index (χ0) is 13.8. The lowest BCUT2D eigenvalue weighted by Crippen LogP contribution is -2.39. The molecule has 2 aliphatic rings. The Bertz CT molecular complexity index is 412. The highest BCUT2D eigenvalue weighted by Gasteiger charge is 2.21. The molecule has 1 unspecified atom stereocenters. The first-order valence-electron chi connectivity index (χ1n) is 8.04. The molecule has 0 radical (unpaired) electrons. The molecule has 0 aromatic heterocycles. The van der Waals surface area contributed by atoms with E-state index in [1.165, 1.54) is 36.9 Å². The highest BCUT2D eigenvalue weighted by atomic mass is 16.5. The first kappa shape index (κ1) is 13.9. The summed E-state index contributed by atoms with van der Waals surface area (Å²) in [6.45, 7) is 6.11. The fourth-order valence-corrected chi connectivity index (χ4v) is 2.92. The predicted molar refractivity (Wildman–Crippen MR) is 83.2 cm³/mol. The van der Waals surface area contributed by atoms with Gasteiger partial charge in [-0.25, -0.2) is 0 Å². The molecule has 110 valence electrons. The summed E-state index contributed by atoms with van der Waals surface area (Å²) in [5.74, 6) is 0. The average Bonchev–Trinajstić information content (AvgIpc) is 3.31. The molecule has 3 rings (SSSR count). The Morgan fingerprint density at radius 1 is 1.20 bits per heavy atom. The Balaban J connectivity index is 1.55. The summed E-state index contributed by atoms with van der Waals surface area (Å²) in [7, 11) is 0. The quantitative estimate of drug-likeness (QED) is 0.863. The van der Waals surface area contributed by atoms with Crippen molar-refractivity contribution in [2.75, 3.05) is 24.6 Å². The fourth-order valence-electron chi connectivity index (χ4n) is 2.92. The van der Waals surface area contributed by atoms with Crippen LogP contribution in [0.1, 0.15) is 38.2 Å². The van der Waals surface area contributed by atoms with Crippen LogP contribution in [0.25, 0.3) is 0 Å². The number of rotatable bonds is 6. The minimum Gasteiger partial charge on any atom is -0.377 e. The van der Waals surface area contributed by atoms with Crippen LogP contribution in [0.4, 0.5) is 5.69 Å². The lowest BCUT2D eigenvalue weighted by molar-refractivity contribution is 0.0527. The van der Waals surface area contributed by atoms with E-state index in [0.29, 0.717) is 6.10 Å². The number of piperidine rings is 1. The summed E-state index contributed by atoms with van der Waals surface area (Å²) in [6, 6.07) is 9.82. The van der Waals surface area contributed by atoms with Gasteiger partial charge in [0.25, 0.3) is 0 Å². The molecule has 1 atom stereocenters. The van der Waals surface area contributed by atoms with E-state index in [-0.39, 0.29) is 0 Å². The molecule has 0 bridgehead atoms. The molecule has 1 aliphatic carbocycles. The van der Waals surface area contributed by atoms with Crippen LogP contribution in [0.5, 0.6) is 0 Å². The van der Waals surface area contributed by atoms with Crippen LogP contribution in [0.2, 0.25) is 0 Å². The second-order valence-electron chi connectivity index (χ2n) is 5.99. The van der Waals surface area contributed by atoms with Gasteiger partial charge in [0, 0.05) is 38.0 Å². The van der Waals surface area contributed by atoms with Crippen molar-refractivity contribution >= 4 is 5.69 Å². The Morgan fingerprint density at radius 2 is 2.00 bits per heavy atom. The molecule has 3 heteroatoms. The molecule has 1 saturated heterocycles. The number of ether oxygens (including phenoxy) is 1. The van der Waals surface area contributed by atoms with Gasteiger partial charge in [0.2, 0.25) is 0 Å². The molecule has 0 amide bonds. The van der Waals surface area contributed by atoms with Crippen molar-refractivity contribution in [2.45, 2.75) is 51.3 Å². The predicted octanol–water partition coefficient (Wildman–Crippen LogP) is 2.94. The van der Waals surface area contributed by atoms with Gasteiger partial charge < -0.3 is 15.0 Å². The maximum absolute atomic E-state index is 5.78. The maximum Gasteiger partial charge on any atom is 0.0750 e. The second-order valence-corrected chi connectivity index (χ2v) is 5.99. The molecule has 1 aromatic carbocycles. The van der Waals surface area contributed by atoms with Gasteiger partial charge in [0.1, 0.15) is 0 Å². The monoisotopic (exact) mass is 274 g/mol. The van der Waals surface area contributed by atoms with Crippen molar-refractivity contribution in [1.29, 1.82) is 0 Å².